The zero-order valence-corrected chi connectivity index (χ0v) is 15.5. The van der Waals surface area contributed by atoms with E-state index in [1.807, 2.05) is 18.2 Å². The Morgan fingerprint density at radius 3 is 1.92 bits per heavy atom. The molecule has 26 heavy (non-hydrogen) atoms. The molecule has 0 saturated carbocycles. The summed E-state index contributed by atoms with van der Waals surface area (Å²) in [6, 6.07) is 7.33. The summed E-state index contributed by atoms with van der Waals surface area (Å²) in [4.78, 5) is 12.6. The number of benzene rings is 2. The summed E-state index contributed by atoms with van der Waals surface area (Å²) in [7, 11) is 7.84. The summed E-state index contributed by atoms with van der Waals surface area (Å²) in [5, 5.41) is 0. The van der Waals surface area contributed by atoms with E-state index < -0.39 is 0 Å². The fraction of sp³-hybridized carbons (Fsp3) is 0.350. The van der Waals surface area contributed by atoms with E-state index in [-0.39, 0.29) is 11.7 Å². The topological polar surface area (TPSA) is 63.2 Å². The molecule has 0 aromatic heterocycles. The van der Waals surface area contributed by atoms with Crippen LogP contribution in [0.2, 0.25) is 0 Å². The molecule has 138 valence electrons. The van der Waals surface area contributed by atoms with Crippen LogP contribution in [0.5, 0.6) is 28.7 Å². The first-order valence-corrected chi connectivity index (χ1v) is 8.17. The first-order valence-electron chi connectivity index (χ1n) is 8.17. The van der Waals surface area contributed by atoms with Crippen molar-refractivity contribution in [1.82, 2.24) is 0 Å². The molecule has 1 unspecified atom stereocenters. The van der Waals surface area contributed by atoms with Gasteiger partial charge in [-0.2, -0.15) is 0 Å². The zero-order chi connectivity index (χ0) is 18.8. The number of ether oxygens (including phenoxy) is 5. The van der Waals surface area contributed by atoms with E-state index in [1.54, 1.807) is 41.6 Å². The molecule has 0 aliphatic heterocycles. The summed E-state index contributed by atoms with van der Waals surface area (Å²) in [5.41, 5.74) is 2.40. The molecule has 2 aromatic carbocycles. The molecule has 6 nitrogen and oxygen atoms in total. The van der Waals surface area contributed by atoms with Crippen LogP contribution in [0.3, 0.4) is 0 Å². The minimum absolute atomic E-state index is 0.0581. The standard InChI is InChI=1S/C20H22O6/c1-22-16-7-6-11(19(25-4)20(16)26-5)12-8-15(21)14-10-18(24-3)17(23-2)9-13(12)14/h6-7,9-10,12H,8H2,1-5H3. The van der Waals surface area contributed by atoms with Crippen LogP contribution >= 0.6 is 0 Å². The van der Waals surface area contributed by atoms with Gasteiger partial charge in [0.1, 0.15) is 0 Å². The van der Waals surface area contributed by atoms with Crippen LogP contribution in [0.15, 0.2) is 24.3 Å². The Balaban J connectivity index is 2.18. The van der Waals surface area contributed by atoms with Crippen molar-refractivity contribution >= 4 is 5.78 Å². The first kappa shape index (κ1) is 17.9. The molecule has 3 rings (SSSR count). The fourth-order valence-corrected chi connectivity index (χ4v) is 3.51. The quantitative estimate of drug-likeness (QED) is 0.788. The van der Waals surface area contributed by atoms with Crippen LogP contribution < -0.4 is 23.7 Å². The van der Waals surface area contributed by atoms with Gasteiger partial charge in [0.15, 0.2) is 28.8 Å². The van der Waals surface area contributed by atoms with Crippen LogP contribution in [-0.2, 0) is 0 Å². The Labute approximate surface area is 152 Å². The fourth-order valence-electron chi connectivity index (χ4n) is 3.51. The van der Waals surface area contributed by atoms with Crippen molar-refractivity contribution in [2.45, 2.75) is 12.3 Å². The highest BCUT2D eigenvalue weighted by Gasteiger charge is 2.35. The van der Waals surface area contributed by atoms with Gasteiger partial charge in [0.25, 0.3) is 0 Å². The predicted molar refractivity (Wildman–Crippen MR) is 96.4 cm³/mol. The average Bonchev–Trinajstić information content (AvgIpc) is 3.00. The van der Waals surface area contributed by atoms with E-state index in [0.29, 0.717) is 40.7 Å². The minimum atomic E-state index is -0.160. The van der Waals surface area contributed by atoms with Gasteiger partial charge in [0.2, 0.25) is 5.75 Å². The molecular weight excluding hydrogens is 336 g/mol. The van der Waals surface area contributed by atoms with Gasteiger partial charge in [0, 0.05) is 23.5 Å². The van der Waals surface area contributed by atoms with Crippen LogP contribution in [-0.4, -0.2) is 41.3 Å². The number of methoxy groups -OCH3 is 5. The second kappa shape index (κ2) is 7.15. The summed E-state index contributed by atoms with van der Waals surface area (Å²) >= 11 is 0. The van der Waals surface area contributed by atoms with Crippen molar-refractivity contribution < 1.29 is 28.5 Å². The van der Waals surface area contributed by atoms with Gasteiger partial charge in [-0.15, -0.1) is 0 Å². The number of carbonyl (C=O) groups excluding carboxylic acids is 1. The Morgan fingerprint density at radius 2 is 1.35 bits per heavy atom. The Bertz CT molecular complexity index is 843. The molecule has 1 atom stereocenters. The zero-order valence-electron chi connectivity index (χ0n) is 15.5. The molecule has 0 saturated heterocycles. The molecule has 0 heterocycles. The molecule has 0 N–H and O–H groups in total. The second-order valence-electron chi connectivity index (χ2n) is 5.90. The Kier molecular flexibility index (Phi) is 4.93. The molecule has 1 aliphatic carbocycles. The third-order valence-corrected chi connectivity index (χ3v) is 4.73. The summed E-state index contributed by atoms with van der Waals surface area (Å²) < 4.78 is 27.2. The molecule has 0 fully saturated rings. The largest absolute Gasteiger partial charge is 0.493 e. The van der Waals surface area contributed by atoms with E-state index in [2.05, 4.69) is 0 Å². The maximum atomic E-state index is 12.6. The Hall–Kier alpha value is -2.89. The highest BCUT2D eigenvalue weighted by Crippen LogP contribution is 2.49. The van der Waals surface area contributed by atoms with E-state index in [9.17, 15) is 4.79 Å². The molecule has 1 aliphatic rings. The molecule has 0 bridgehead atoms. The first-order chi connectivity index (χ1) is 12.6. The average molecular weight is 358 g/mol. The number of hydrogen-bond acceptors (Lipinski definition) is 6. The minimum Gasteiger partial charge on any atom is -0.493 e. The van der Waals surface area contributed by atoms with Crippen molar-refractivity contribution in [1.29, 1.82) is 0 Å². The summed E-state index contributed by atoms with van der Waals surface area (Å²) in [6.45, 7) is 0. The van der Waals surface area contributed by atoms with E-state index in [1.165, 1.54) is 0 Å². The molecule has 0 spiro atoms. The van der Waals surface area contributed by atoms with Crippen molar-refractivity contribution in [2.24, 2.45) is 0 Å². The van der Waals surface area contributed by atoms with Gasteiger partial charge in [-0.05, 0) is 23.8 Å². The lowest BCUT2D eigenvalue weighted by Crippen LogP contribution is -2.04. The number of Topliss-reactive ketones (excluding diaryl/α,β-unsaturated/α-hetero) is 1. The summed E-state index contributed by atoms with van der Waals surface area (Å²) in [6.07, 6.45) is 0.345. The number of carbonyl (C=O) groups is 1. The van der Waals surface area contributed by atoms with Crippen molar-refractivity contribution in [3.05, 3.63) is 41.0 Å². The van der Waals surface area contributed by atoms with Gasteiger partial charge in [0.05, 0.1) is 35.5 Å². The maximum absolute atomic E-state index is 12.6. The monoisotopic (exact) mass is 358 g/mol. The number of ketones is 1. The van der Waals surface area contributed by atoms with Gasteiger partial charge in [-0.25, -0.2) is 0 Å². The molecule has 0 amide bonds. The molecular formula is C20H22O6. The normalized spacial score (nSPS) is 15.4. The maximum Gasteiger partial charge on any atom is 0.203 e. The predicted octanol–water partition coefficient (Wildman–Crippen LogP) is 3.45. The van der Waals surface area contributed by atoms with E-state index in [4.69, 9.17) is 23.7 Å². The van der Waals surface area contributed by atoms with Gasteiger partial charge >= 0.3 is 0 Å². The van der Waals surface area contributed by atoms with E-state index in [0.717, 1.165) is 11.1 Å². The Morgan fingerprint density at radius 1 is 0.731 bits per heavy atom. The second-order valence-corrected chi connectivity index (χ2v) is 5.90. The lowest BCUT2D eigenvalue weighted by Gasteiger charge is -2.20. The van der Waals surface area contributed by atoms with Crippen molar-refractivity contribution in [3.63, 3.8) is 0 Å². The third kappa shape index (κ3) is 2.71. The SMILES string of the molecule is COc1cc2c(cc1OC)C(c1ccc(OC)c(OC)c1OC)CC2=O. The third-order valence-electron chi connectivity index (χ3n) is 4.73. The number of hydrogen-bond donors (Lipinski definition) is 0. The lowest BCUT2D eigenvalue weighted by molar-refractivity contribution is 0.0991. The van der Waals surface area contributed by atoms with Gasteiger partial charge in [-0.3, -0.25) is 4.79 Å². The van der Waals surface area contributed by atoms with E-state index >= 15 is 0 Å². The van der Waals surface area contributed by atoms with Crippen LogP contribution in [0.25, 0.3) is 0 Å². The smallest absolute Gasteiger partial charge is 0.203 e. The number of rotatable bonds is 6. The highest BCUT2D eigenvalue weighted by atomic mass is 16.5. The lowest BCUT2D eigenvalue weighted by atomic mass is 9.91. The highest BCUT2D eigenvalue weighted by molar-refractivity contribution is 6.02. The van der Waals surface area contributed by atoms with Crippen LogP contribution in [0.4, 0.5) is 0 Å². The molecule has 2 aromatic rings. The van der Waals surface area contributed by atoms with Crippen LogP contribution in [0, 0.1) is 0 Å². The molecule has 6 heteroatoms. The van der Waals surface area contributed by atoms with Crippen molar-refractivity contribution in [3.8, 4) is 28.7 Å². The van der Waals surface area contributed by atoms with Gasteiger partial charge in [-0.1, -0.05) is 6.07 Å². The summed E-state index contributed by atoms with van der Waals surface area (Å²) in [5.74, 6) is 2.67. The van der Waals surface area contributed by atoms with Crippen molar-refractivity contribution in [2.75, 3.05) is 35.5 Å². The molecule has 0 radical (unpaired) electrons. The van der Waals surface area contributed by atoms with Gasteiger partial charge < -0.3 is 23.7 Å². The number of fused-ring (bicyclic) bond motifs is 1. The van der Waals surface area contributed by atoms with Crippen LogP contribution in [0.1, 0.15) is 33.8 Å².